The van der Waals surface area contributed by atoms with E-state index in [0.29, 0.717) is 11.1 Å². The highest BCUT2D eigenvalue weighted by atomic mass is 19.1. The average Bonchev–Trinajstić information content (AvgIpc) is 2.38. The van der Waals surface area contributed by atoms with Crippen LogP contribution in [-0.2, 0) is 14.3 Å². The van der Waals surface area contributed by atoms with E-state index in [2.05, 4.69) is 10.1 Å². The molecule has 0 spiro atoms. The molecule has 0 aliphatic heterocycles. The second kappa shape index (κ2) is 7.31. The fourth-order valence-electron chi connectivity index (χ4n) is 1.50. The van der Waals surface area contributed by atoms with Gasteiger partial charge >= 0.3 is 5.97 Å². The van der Waals surface area contributed by atoms with Gasteiger partial charge in [0.2, 0.25) is 5.91 Å². The highest BCUT2D eigenvalue weighted by Crippen LogP contribution is 2.16. The van der Waals surface area contributed by atoms with Gasteiger partial charge in [-0.15, -0.1) is 0 Å². The van der Waals surface area contributed by atoms with Crippen LogP contribution in [0.2, 0.25) is 0 Å². The number of hydrogen-bond acceptors (Lipinski definition) is 3. The van der Waals surface area contributed by atoms with Gasteiger partial charge in [-0.1, -0.05) is 18.2 Å². The smallest absolute Gasteiger partial charge is 0.307 e. The fraction of sp³-hybridized carbons (Fsp3) is 0.286. The number of hydrogen-bond donors (Lipinski definition) is 1. The first kappa shape index (κ1) is 14.9. The zero-order chi connectivity index (χ0) is 14.3. The lowest BCUT2D eigenvalue weighted by atomic mass is 10.1. The van der Waals surface area contributed by atoms with Gasteiger partial charge in [0, 0.05) is 18.2 Å². The number of esters is 1. The summed E-state index contributed by atoms with van der Waals surface area (Å²) >= 11 is 0. The molecule has 1 rings (SSSR count). The fourth-order valence-corrected chi connectivity index (χ4v) is 1.50. The van der Waals surface area contributed by atoms with E-state index in [9.17, 15) is 14.0 Å². The number of carbonyl (C=O) groups excluding carboxylic acids is 2. The second-order valence-electron chi connectivity index (χ2n) is 3.92. The molecule has 1 aromatic rings. The summed E-state index contributed by atoms with van der Waals surface area (Å²) < 4.78 is 17.9. The van der Waals surface area contributed by atoms with Crippen molar-refractivity contribution in [2.24, 2.45) is 0 Å². The van der Waals surface area contributed by atoms with Crippen LogP contribution in [-0.4, -0.2) is 25.5 Å². The van der Waals surface area contributed by atoms with Crippen LogP contribution in [0.25, 0.3) is 5.57 Å². The normalized spacial score (nSPS) is 11.0. The van der Waals surface area contributed by atoms with Gasteiger partial charge in [-0.2, -0.15) is 0 Å². The summed E-state index contributed by atoms with van der Waals surface area (Å²) in [4.78, 5) is 22.4. The van der Waals surface area contributed by atoms with E-state index in [1.54, 1.807) is 25.1 Å². The maximum atomic E-state index is 13.5. The average molecular weight is 265 g/mol. The minimum atomic E-state index is -0.393. The molecule has 0 saturated carbocycles. The van der Waals surface area contributed by atoms with E-state index < -0.39 is 5.97 Å². The number of nitrogens with one attached hydrogen (secondary N) is 1. The lowest BCUT2D eigenvalue weighted by Gasteiger charge is -2.04. The monoisotopic (exact) mass is 265 g/mol. The molecule has 0 heterocycles. The Balaban J connectivity index is 2.57. The number of amides is 1. The molecule has 0 radical (unpaired) electrons. The Bertz CT molecular complexity index is 497. The van der Waals surface area contributed by atoms with Crippen molar-refractivity contribution in [3.63, 3.8) is 0 Å². The molecule has 1 N–H and O–H groups in total. The Labute approximate surface area is 111 Å². The van der Waals surface area contributed by atoms with Crippen LogP contribution < -0.4 is 5.32 Å². The summed E-state index contributed by atoms with van der Waals surface area (Å²) in [6, 6.07) is 6.22. The minimum Gasteiger partial charge on any atom is -0.469 e. The number of allylic oxidation sites excluding steroid dienone is 1. The van der Waals surface area contributed by atoms with E-state index in [1.165, 1.54) is 19.3 Å². The third-order valence-corrected chi connectivity index (χ3v) is 2.50. The minimum absolute atomic E-state index is 0.106. The van der Waals surface area contributed by atoms with E-state index in [1.807, 2.05) is 0 Å². The molecule has 4 nitrogen and oxygen atoms in total. The highest BCUT2D eigenvalue weighted by Gasteiger charge is 2.06. The SMILES string of the molecule is COC(=O)CCNC(=O)/C=C(/C)c1ccccc1F. The van der Waals surface area contributed by atoms with Crippen molar-refractivity contribution in [1.29, 1.82) is 0 Å². The molecule has 1 aromatic carbocycles. The summed E-state index contributed by atoms with van der Waals surface area (Å²) in [6.07, 6.45) is 1.41. The van der Waals surface area contributed by atoms with Crippen LogP contribution >= 0.6 is 0 Å². The summed E-state index contributed by atoms with van der Waals surface area (Å²) in [6.45, 7) is 1.84. The molecule has 0 unspecified atom stereocenters. The van der Waals surface area contributed by atoms with Gasteiger partial charge in [-0.25, -0.2) is 4.39 Å². The molecule has 0 bridgehead atoms. The largest absolute Gasteiger partial charge is 0.469 e. The number of benzene rings is 1. The highest BCUT2D eigenvalue weighted by molar-refractivity contribution is 5.95. The van der Waals surface area contributed by atoms with Crippen molar-refractivity contribution < 1.29 is 18.7 Å². The maximum Gasteiger partial charge on any atom is 0.307 e. The van der Waals surface area contributed by atoms with Crippen molar-refractivity contribution >= 4 is 17.4 Å². The van der Waals surface area contributed by atoms with Crippen LogP contribution in [0.5, 0.6) is 0 Å². The third kappa shape index (κ3) is 4.91. The topological polar surface area (TPSA) is 55.4 Å². The molecule has 0 aliphatic carbocycles. The van der Waals surface area contributed by atoms with Gasteiger partial charge in [-0.05, 0) is 18.6 Å². The van der Waals surface area contributed by atoms with Gasteiger partial charge in [0.1, 0.15) is 5.82 Å². The Hall–Kier alpha value is -2.17. The number of halogens is 1. The van der Waals surface area contributed by atoms with E-state index in [4.69, 9.17) is 0 Å². The number of rotatable bonds is 5. The van der Waals surface area contributed by atoms with Crippen molar-refractivity contribution in [1.82, 2.24) is 5.32 Å². The first-order valence-electron chi connectivity index (χ1n) is 5.82. The van der Waals surface area contributed by atoms with E-state index >= 15 is 0 Å². The summed E-state index contributed by atoms with van der Waals surface area (Å²) in [5, 5.41) is 2.53. The molecule has 0 saturated heterocycles. The molecule has 0 aliphatic rings. The Morgan fingerprint density at radius 3 is 2.68 bits per heavy atom. The molecule has 5 heteroatoms. The predicted molar refractivity (Wildman–Crippen MR) is 69.7 cm³/mol. The molecular formula is C14H16FNO3. The first-order valence-corrected chi connectivity index (χ1v) is 5.82. The summed E-state index contributed by atoms with van der Waals surface area (Å²) in [5.74, 6) is -1.14. The Morgan fingerprint density at radius 1 is 1.37 bits per heavy atom. The summed E-state index contributed by atoms with van der Waals surface area (Å²) in [7, 11) is 1.28. The molecule has 0 fully saturated rings. The van der Waals surface area contributed by atoms with Crippen LogP contribution in [0, 0.1) is 5.82 Å². The molecule has 0 atom stereocenters. The molecule has 19 heavy (non-hydrogen) atoms. The number of carbonyl (C=O) groups is 2. The van der Waals surface area contributed by atoms with Crippen molar-refractivity contribution in [2.75, 3.05) is 13.7 Å². The Morgan fingerprint density at radius 2 is 2.05 bits per heavy atom. The van der Waals surface area contributed by atoms with Gasteiger partial charge < -0.3 is 10.1 Å². The van der Waals surface area contributed by atoms with Crippen molar-refractivity contribution in [3.05, 3.63) is 41.7 Å². The maximum absolute atomic E-state index is 13.5. The van der Waals surface area contributed by atoms with Crippen molar-refractivity contribution in [3.8, 4) is 0 Å². The van der Waals surface area contributed by atoms with Gasteiger partial charge in [0.25, 0.3) is 0 Å². The number of ether oxygens (including phenoxy) is 1. The van der Waals surface area contributed by atoms with Crippen LogP contribution in [0.15, 0.2) is 30.3 Å². The second-order valence-corrected chi connectivity index (χ2v) is 3.92. The van der Waals surface area contributed by atoms with Crippen LogP contribution in [0.4, 0.5) is 4.39 Å². The molecule has 0 aromatic heterocycles. The van der Waals surface area contributed by atoms with E-state index in [0.717, 1.165) is 0 Å². The lowest BCUT2D eigenvalue weighted by molar-refractivity contribution is -0.140. The first-order chi connectivity index (χ1) is 9.04. The molecular weight excluding hydrogens is 249 g/mol. The zero-order valence-electron chi connectivity index (χ0n) is 10.9. The number of methoxy groups -OCH3 is 1. The predicted octanol–water partition coefficient (Wildman–Crippen LogP) is 1.91. The third-order valence-electron chi connectivity index (χ3n) is 2.50. The van der Waals surface area contributed by atoms with Gasteiger partial charge in [0.05, 0.1) is 13.5 Å². The quantitative estimate of drug-likeness (QED) is 0.653. The van der Waals surface area contributed by atoms with Crippen LogP contribution in [0.1, 0.15) is 18.9 Å². The molecule has 1 amide bonds. The van der Waals surface area contributed by atoms with Crippen LogP contribution in [0.3, 0.4) is 0 Å². The molecule has 102 valence electrons. The standard InChI is InChI=1S/C14H16FNO3/c1-10(11-5-3-4-6-12(11)15)9-13(17)16-8-7-14(18)19-2/h3-6,9H,7-8H2,1-2H3,(H,16,17)/b10-9-. The van der Waals surface area contributed by atoms with Gasteiger partial charge in [0.15, 0.2) is 0 Å². The van der Waals surface area contributed by atoms with Crippen molar-refractivity contribution in [2.45, 2.75) is 13.3 Å². The zero-order valence-corrected chi connectivity index (χ0v) is 10.9. The van der Waals surface area contributed by atoms with E-state index in [-0.39, 0.29) is 24.7 Å². The lowest BCUT2D eigenvalue weighted by Crippen LogP contribution is -2.24. The van der Waals surface area contributed by atoms with Gasteiger partial charge in [-0.3, -0.25) is 9.59 Å². The Kier molecular flexibility index (Phi) is 5.73. The summed E-state index contributed by atoms with van der Waals surface area (Å²) in [5.41, 5.74) is 0.902.